The molecule has 2 saturated heterocycles. The SMILES string of the molecule is CN=C(NCc1ccc(C(=O)N2CC(C)OC(C)C2)cc1)NC1CCN(C(C)C)CC1.I. The Morgan fingerprint density at radius 1 is 1.12 bits per heavy atom. The van der Waals surface area contributed by atoms with Crippen molar-refractivity contribution >= 4 is 35.8 Å². The summed E-state index contributed by atoms with van der Waals surface area (Å²) in [5.74, 6) is 0.908. The van der Waals surface area contributed by atoms with E-state index in [-0.39, 0.29) is 42.1 Å². The number of carbonyl (C=O) groups is 1. The zero-order valence-electron chi connectivity index (χ0n) is 20.1. The molecule has 2 aliphatic heterocycles. The Morgan fingerprint density at radius 3 is 2.25 bits per heavy atom. The lowest BCUT2D eigenvalue weighted by atomic mass is 10.0. The van der Waals surface area contributed by atoms with Gasteiger partial charge in [0.2, 0.25) is 0 Å². The minimum Gasteiger partial charge on any atom is -0.372 e. The summed E-state index contributed by atoms with van der Waals surface area (Å²) in [5.41, 5.74) is 1.85. The van der Waals surface area contributed by atoms with Crippen molar-refractivity contribution in [2.24, 2.45) is 4.99 Å². The molecule has 8 heteroatoms. The third-order valence-electron chi connectivity index (χ3n) is 6.19. The van der Waals surface area contributed by atoms with E-state index >= 15 is 0 Å². The Bertz CT molecular complexity index is 737. The second kappa shape index (κ2) is 12.7. The molecule has 3 rings (SSSR count). The first kappa shape index (κ1) is 26.9. The van der Waals surface area contributed by atoms with Crippen molar-refractivity contribution in [1.29, 1.82) is 0 Å². The maximum absolute atomic E-state index is 12.8. The topological polar surface area (TPSA) is 69.2 Å². The molecule has 1 aromatic carbocycles. The van der Waals surface area contributed by atoms with Crippen molar-refractivity contribution in [3.8, 4) is 0 Å². The zero-order valence-corrected chi connectivity index (χ0v) is 22.5. The van der Waals surface area contributed by atoms with Gasteiger partial charge in [-0.15, -0.1) is 24.0 Å². The lowest BCUT2D eigenvalue weighted by Gasteiger charge is -2.35. The van der Waals surface area contributed by atoms with Crippen molar-refractivity contribution in [3.05, 3.63) is 35.4 Å². The molecule has 0 aromatic heterocycles. The Kier molecular flexibility index (Phi) is 10.7. The number of hydrogen-bond donors (Lipinski definition) is 2. The van der Waals surface area contributed by atoms with Crippen LogP contribution in [-0.2, 0) is 11.3 Å². The lowest BCUT2D eigenvalue weighted by Crippen LogP contribution is -2.49. The number of guanidine groups is 1. The van der Waals surface area contributed by atoms with E-state index in [2.05, 4.69) is 34.4 Å². The standard InChI is InChI=1S/C24H39N5O2.HI/c1-17(2)28-12-10-22(11-13-28)27-24(25-5)26-14-20-6-8-21(9-7-20)23(30)29-15-18(3)31-19(4)16-29;/h6-9,17-19,22H,10-16H2,1-5H3,(H2,25,26,27);1H. The van der Waals surface area contributed by atoms with Gasteiger partial charge >= 0.3 is 0 Å². The number of piperidine rings is 1. The van der Waals surface area contributed by atoms with Gasteiger partial charge in [-0.1, -0.05) is 12.1 Å². The third kappa shape index (κ3) is 7.59. The van der Waals surface area contributed by atoms with E-state index in [4.69, 9.17) is 4.74 Å². The fourth-order valence-electron chi connectivity index (χ4n) is 4.43. The van der Waals surface area contributed by atoms with Crippen LogP contribution in [0.4, 0.5) is 0 Å². The molecule has 2 N–H and O–H groups in total. The Hall–Kier alpha value is -1.39. The van der Waals surface area contributed by atoms with Crippen molar-refractivity contribution in [2.45, 2.75) is 71.4 Å². The van der Waals surface area contributed by atoms with Crippen LogP contribution in [0.5, 0.6) is 0 Å². The number of carbonyl (C=O) groups excluding carboxylic acids is 1. The molecule has 2 fully saturated rings. The Labute approximate surface area is 210 Å². The van der Waals surface area contributed by atoms with Crippen molar-refractivity contribution < 1.29 is 9.53 Å². The highest BCUT2D eigenvalue weighted by molar-refractivity contribution is 14.0. The van der Waals surface area contributed by atoms with Gasteiger partial charge in [-0.2, -0.15) is 0 Å². The summed E-state index contributed by atoms with van der Waals surface area (Å²) >= 11 is 0. The predicted octanol–water partition coefficient (Wildman–Crippen LogP) is 3.09. The van der Waals surface area contributed by atoms with Crippen LogP contribution in [0, 0.1) is 0 Å². The van der Waals surface area contributed by atoms with E-state index in [1.807, 2.05) is 50.1 Å². The fourth-order valence-corrected chi connectivity index (χ4v) is 4.43. The fraction of sp³-hybridized carbons (Fsp3) is 0.667. The number of morpholine rings is 1. The van der Waals surface area contributed by atoms with Gasteiger partial charge in [0.1, 0.15) is 0 Å². The summed E-state index contributed by atoms with van der Waals surface area (Å²) in [4.78, 5) is 21.6. The van der Waals surface area contributed by atoms with Crippen LogP contribution in [0.1, 0.15) is 56.5 Å². The van der Waals surface area contributed by atoms with E-state index in [0.717, 1.165) is 43.0 Å². The first-order valence-corrected chi connectivity index (χ1v) is 11.6. The number of hydrogen-bond acceptors (Lipinski definition) is 4. The molecule has 1 amide bonds. The number of rotatable bonds is 5. The van der Waals surface area contributed by atoms with Crippen LogP contribution >= 0.6 is 24.0 Å². The van der Waals surface area contributed by atoms with Gasteiger partial charge in [-0.25, -0.2) is 0 Å². The molecule has 0 bridgehead atoms. The van der Waals surface area contributed by atoms with Crippen molar-refractivity contribution in [1.82, 2.24) is 20.4 Å². The second-order valence-corrected chi connectivity index (χ2v) is 9.14. The quantitative estimate of drug-likeness (QED) is 0.331. The molecule has 0 aliphatic carbocycles. The molecular formula is C24H40IN5O2. The van der Waals surface area contributed by atoms with E-state index in [9.17, 15) is 4.79 Å². The highest BCUT2D eigenvalue weighted by Gasteiger charge is 2.26. The molecule has 1 aromatic rings. The molecule has 2 aliphatic rings. The van der Waals surface area contributed by atoms with Crippen LogP contribution < -0.4 is 10.6 Å². The predicted molar refractivity (Wildman–Crippen MR) is 141 cm³/mol. The maximum atomic E-state index is 12.8. The molecule has 2 unspecified atom stereocenters. The van der Waals surface area contributed by atoms with Crippen molar-refractivity contribution in [3.63, 3.8) is 0 Å². The van der Waals surface area contributed by atoms with Crippen LogP contribution in [-0.4, -0.2) is 79.2 Å². The summed E-state index contributed by atoms with van der Waals surface area (Å²) in [6, 6.07) is 8.94. The number of benzene rings is 1. The summed E-state index contributed by atoms with van der Waals surface area (Å²) < 4.78 is 5.73. The largest absolute Gasteiger partial charge is 0.372 e. The van der Waals surface area contributed by atoms with E-state index in [0.29, 0.717) is 31.7 Å². The van der Waals surface area contributed by atoms with Gasteiger partial charge < -0.3 is 25.2 Å². The minimum absolute atomic E-state index is 0. The molecular weight excluding hydrogens is 517 g/mol. The maximum Gasteiger partial charge on any atom is 0.254 e. The third-order valence-corrected chi connectivity index (χ3v) is 6.19. The summed E-state index contributed by atoms with van der Waals surface area (Å²) in [5, 5.41) is 6.96. The average Bonchev–Trinajstić information content (AvgIpc) is 2.76. The summed E-state index contributed by atoms with van der Waals surface area (Å²) in [6.45, 7) is 12.8. The molecule has 180 valence electrons. The summed E-state index contributed by atoms with van der Waals surface area (Å²) in [7, 11) is 1.81. The van der Waals surface area contributed by atoms with Crippen molar-refractivity contribution in [2.75, 3.05) is 33.2 Å². The number of halogens is 1. The van der Waals surface area contributed by atoms with Crippen LogP contribution in [0.25, 0.3) is 0 Å². The second-order valence-electron chi connectivity index (χ2n) is 9.14. The summed E-state index contributed by atoms with van der Waals surface area (Å²) in [6.07, 6.45) is 2.42. The van der Waals surface area contributed by atoms with Gasteiger partial charge in [0.25, 0.3) is 5.91 Å². The van der Waals surface area contributed by atoms with Gasteiger partial charge in [0.15, 0.2) is 5.96 Å². The highest BCUT2D eigenvalue weighted by Crippen LogP contribution is 2.15. The first-order chi connectivity index (χ1) is 14.9. The van der Waals surface area contributed by atoms with Gasteiger partial charge in [-0.3, -0.25) is 9.79 Å². The molecule has 0 saturated carbocycles. The molecule has 2 atom stereocenters. The monoisotopic (exact) mass is 557 g/mol. The highest BCUT2D eigenvalue weighted by atomic mass is 127. The molecule has 32 heavy (non-hydrogen) atoms. The van der Waals surface area contributed by atoms with E-state index in [1.54, 1.807) is 0 Å². The Morgan fingerprint density at radius 2 is 1.72 bits per heavy atom. The molecule has 0 spiro atoms. The van der Waals surface area contributed by atoms with Crippen LogP contribution in [0.3, 0.4) is 0 Å². The molecule has 7 nitrogen and oxygen atoms in total. The number of ether oxygens (including phenoxy) is 1. The smallest absolute Gasteiger partial charge is 0.254 e. The minimum atomic E-state index is 0. The van der Waals surface area contributed by atoms with Crippen LogP contribution in [0.2, 0.25) is 0 Å². The van der Waals surface area contributed by atoms with Gasteiger partial charge in [0.05, 0.1) is 12.2 Å². The number of amides is 1. The number of likely N-dealkylation sites (tertiary alicyclic amines) is 1. The number of aliphatic imine (C=N–C) groups is 1. The normalized spacial score (nSPS) is 23.1. The van der Waals surface area contributed by atoms with E-state index < -0.39 is 0 Å². The van der Waals surface area contributed by atoms with Crippen LogP contribution in [0.15, 0.2) is 29.3 Å². The van der Waals surface area contributed by atoms with Gasteiger partial charge in [-0.05, 0) is 58.2 Å². The Balaban J connectivity index is 0.00000363. The van der Waals surface area contributed by atoms with E-state index in [1.165, 1.54) is 0 Å². The van der Waals surface area contributed by atoms with Gasteiger partial charge in [0, 0.05) is 57.4 Å². The number of nitrogens with one attached hydrogen (secondary N) is 2. The molecule has 0 radical (unpaired) electrons. The zero-order chi connectivity index (χ0) is 22.4. The lowest BCUT2D eigenvalue weighted by molar-refractivity contribution is -0.0586. The first-order valence-electron chi connectivity index (χ1n) is 11.6. The molecule has 2 heterocycles. The average molecular weight is 558 g/mol. The number of nitrogens with zero attached hydrogens (tertiary/aromatic N) is 3.